The highest BCUT2D eigenvalue weighted by atomic mass is 16.5. The summed E-state index contributed by atoms with van der Waals surface area (Å²) in [5.74, 6) is -0.393. The van der Waals surface area contributed by atoms with Crippen molar-refractivity contribution < 1.29 is 14.3 Å². The molecule has 1 N–H and O–H groups in total. The van der Waals surface area contributed by atoms with Gasteiger partial charge in [0.2, 0.25) is 0 Å². The molecule has 0 aliphatic carbocycles. The van der Waals surface area contributed by atoms with Crippen molar-refractivity contribution in [2.45, 2.75) is 32.4 Å². The molecular formula is C14H18N2O3. The molecule has 0 saturated heterocycles. The molecule has 0 spiro atoms. The Hall–Kier alpha value is -2.04. The van der Waals surface area contributed by atoms with Crippen LogP contribution in [0.1, 0.15) is 19.4 Å². The molecule has 5 nitrogen and oxygen atoms in total. The molecule has 1 aromatic carbocycles. The van der Waals surface area contributed by atoms with Crippen LogP contribution in [0, 0.1) is 0 Å². The monoisotopic (exact) mass is 262 g/mol. The number of nitrogens with one attached hydrogen (secondary N) is 1. The van der Waals surface area contributed by atoms with E-state index in [9.17, 15) is 9.59 Å². The molecule has 19 heavy (non-hydrogen) atoms. The Labute approximate surface area is 112 Å². The minimum atomic E-state index is -0.582. The van der Waals surface area contributed by atoms with Gasteiger partial charge in [0, 0.05) is 18.2 Å². The number of carbonyl (C=O) groups is 2. The number of carbonyl (C=O) groups excluding carboxylic acids is 2. The molecule has 5 heteroatoms. The quantitative estimate of drug-likeness (QED) is 0.825. The average Bonchev–Trinajstić information content (AvgIpc) is 2.76. The van der Waals surface area contributed by atoms with Crippen molar-refractivity contribution in [2.75, 3.05) is 12.0 Å². The number of anilines is 1. The first-order chi connectivity index (χ1) is 9.04. The Bertz CT molecular complexity index is 499. The van der Waals surface area contributed by atoms with Gasteiger partial charge >= 0.3 is 12.0 Å². The van der Waals surface area contributed by atoms with E-state index >= 15 is 0 Å². The molecule has 102 valence electrons. The van der Waals surface area contributed by atoms with Gasteiger partial charge in [0.15, 0.2) is 0 Å². The smallest absolute Gasteiger partial charge is 0.329 e. The van der Waals surface area contributed by atoms with Crippen molar-refractivity contribution in [3.63, 3.8) is 0 Å². The van der Waals surface area contributed by atoms with Gasteiger partial charge in [-0.15, -0.1) is 0 Å². The fourth-order valence-corrected chi connectivity index (χ4v) is 2.28. The summed E-state index contributed by atoms with van der Waals surface area (Å²) in [4.78, 5) is 25.6. The fraction of sp³-hybridized carbons (Fsp3) is 0.429. The number of fused-ring (bicyclic) bond motifs is 1. The Morgan fingerprint density at radius 1 is 1.37 bits per heavy atom. The third kappa shape index (κ3) is 2.54. The zero-order valence-corrected chi connectivity index (χ0v) is 11.3. The average molecular weight is 262 g/mol. The second-order valence-corrected chi connectivity index (χ2v) is 4.85. The van der Waals surface area contributed by atoms with E-state index in [1.807, 2.05) is 38.1 Å². The number of hydrogen-bond acceptors (Lipinski definition) is 3. The molecular weight excluding hydrogens is 244 g/mol. The Kier molecular flexibility index (Phi) is 3.74. The van der Waals surface area contributed by atoms with Crippen molar-refractivity contribution in [2.24, 2.45) is 0 Å². The molecule has 0 radical (unpaired) electrons. The van der Waals surface area contributed by atoms with E-state index in [0.717, 1.165) is 11.3 Å². The van der Waals surface area contributed by atoms with Crippen molar-refractivity contribution in [3.05, 3.63) is 29.8 Å². The minimum absolute atomic E-state index is 0.0126. The molecule has 1 unspecified atom stereocenters. The van der Waals surface area contributed by atoms with Crippen molar-refractivity contribution in [1.82, 2.24) is 5.32 Å². The summed E-state index contributed by atoms with van der Waals surface area (Å²) < 4.78 is 4.79. The lowest BCUT2D eigenvalue weighted by molar-refractivity contribution is -0.141. The summed E-state index contributed by atoms with van der Waals surface area (Å²) in [6.45, 7) is 3.76. The number of amides is 2. The fourth-order valence-electron chi connectivity index (χ4n) is 2.28. The largest absolute Gasteiger partial charge is 0.467 e. The standard InChI is InChI=1S/C14H18N2O3/c1-9(2)15-14(18)16-11-7-5-4-6-10(11)8-12(16)13(17)19-3/h4-7,9,12H,8H2,1-3H3,(H,15,18). The molecule has 0 aromatic heterocycles. The van der Waals surface area contributed by atoms with Gasteiger partial charge in [-0.3, -0.25) is 4.90 Å². The number of methoxy groups -OCH3 is 1. The van der Waals surface area contributed by atoms with Gasteiger partial charge in [0.1, 0.15) is 6.04 Å². The van der Waals surface area contributed by atoms with Crippen LogP contribution in [0.5, 0.6) is 0 Å². The van der Waals surface area contributed by atoms with E-state index in [-0.39, 0.29) is 12.1 Å². The molecule has 0 bridgehead atoms. The van der Waals surface area contributed by atoms with Gasteiger partial charge in [-0.25, -0.2) is 9.59 Å². The Morgan fingerprint density at radius 2 is 2.05 bits per heavy atom. The predicted octanol–water partition coefficient (Wildman–Crippen LogP) is 1.71. The van der Waals surface area contributed by atoms with E-state index in [1.165, 1.54) is 12.0 Å². The maximum absolute atomic E-state index is 12.3. The van der Waals surface area contributed by atoms with Gasteiger partial charge in [0.25, 0.3) is 0 Å². The van der Waals surface area contributed by atoms with Crippen LogP contribution in [0.25, 0.3) is 0 Å². The van der Waals surface area contributed by atoms with Gasteiger partial charge in [-0.05, 0) is 25.5 Å². The van der Waals surface area contributed by atoms with Crippen LogP contribution in [0.2, 0.25) is 0 Å². The molecule has 1 aromatic rings. The molecule has 1 atom stereocenters. The lowest BCUT2D eigenvalue weighted by atomic mass is 10.1. The lowest BCUT2D eigenvalue weighted by Crippen LogP contribution is -2.50. The maximum Gasteiger partial charge on any atom is 0.329 e. The van der Waals surface area contributed by atoms with Gasteiger partial charge in [-0.2, -0.15) is 0 Å². The van der Waals surface area contributed by atoms with Gasteiger partial charge < -0.3 is 10.1 Å². The highest BCUT2D eigenvalue weighted by molar-refractivity contribution is 6.01. The third-order valence-electron chi connectivity index (χ3n) is 3.08. The normalized spacial score (nSPS) is 17.3. The van der Waals surface area contributed by atoms with Crippen LogP contribution in [0.15, 0.2) is 24.3 Å². The number of rotatable bonds is 2. The highest BCUT2D eigenvalue weighted by Crippen LogP contribution is 2.32. The molecule has 2 rings (SSSR count). The van der Waals surface area contributed by atoms with Crippen LogP contribution >= 0.6 is 0 Å². The van der Waals surface area contributed by atoms with Crippen molar-refractivity contribution >= 4 is 17.7 Å². The van der Waals surface area contributed by atoms with E-state index in [1.54, 1.807) is 0 Å². The summed E-state index contributed by atoms with van der Waals surface area (Å²) in [5, 5.41) is 2.81. The maximum atomic E-state index is 12.3. The first-order valence-electron chi connectivity index (χ1n) is 6.30. The molecule has 1 aliphatic rings. The predicted molar refractivity (Wildman–Crippen MR) is 72.1 cm³/mol. The second kappa shape index (κ2) is 5.30. The first kappa shape index (κ1) is 13.4. The second-order valence-electron chi connectivity index (χ2n) is 4.85. The summed E-state index contributed by atoms with van der Waals surface area (Å²) in [6.07, 6.45) is 0.494. The summed E-state index contributed by atoms with van der Waals surface area (Å²) in [5.41, 5.74) is 1.76. The van der Waals surface area contributed by atoms with Gasteiger partial charge in [-0.1, -0.05) is 18.2 Å². The molecule has 1 heterocycles. The first-order valence-corrected chi connectivity index (χ1v) is 6.30. The number of benzene rings is 1. The molecule has 0 fully saturated rings. The SMILES string of the molecule is COC(=O)C1Cc2ccccc2N1C(=O)NC(C)C. The number of esters is 1. The number of hydrogen-bond donors (Lipinski definition) is 1. The number of urea groups is 1. The zero-order chi connectivity index (χ0) is 14.0. The lowest BCUT2D eigenvalue weighted by Gasteiger charge is -2.25. The van der Waals surface area contributed by atoms with E-state index < -0.39 is 12.0 Å². The summed E-state index contributed by atoms with van der Waals surface area (Å²) in [7, 11) is 1.34. The van der Waals surface area contributed by atoms with Crippen LogP contribution in [-0.4, -0.2) is 31.2 Å². The number of para-hydroxylation sites is 1. The van der Waals surface area contributed by atoms with Crippen LogP contribution < -0.4 is 10.2 Å². The van der Waals surface area contributed by atoms with Crippen LogP contribution in [0.4, 0.5) is 10.5 Å². The third-order valence-corrected chi connectivity index (χ3v) is 3.08. The van der Waals surface area contributed by atoms with Crippen molar-refractivity contribution in [3.8, 4) is 0 Å². The summed E-state index contributed by atoms with van der Waals surface area (Å²) >= 11 is 0. The topological polar surface area (TPSA) is 58.6 Å². The van der Waals surface area contributed by atoms with E-state index in [4.69, 9.17) is 4.74 Å². The van der Waals surface area contributed by atoms with Crippen LogP contribution in [-0.2, 0) is 16.0 Å². The van der Waals surface area contributed by atoms with Crippen LogP contribution in [0.3, 0.4) is 0 Å². The highest BCUT2D eigenvalue weighted by Gasteiger charge is 2.39. The Balaban J connectivity index is 2.33. The minimum Gasteiger partial charge on any atom is -0.467 e. The van der Waals surface area contributed by atoms with Gasteiger partial charge in [0.05, 0.1) is 7.11 Å². The molecule has 0 saturated carbocycles. The molecule has 2 amide bonds. The molecule has 1 aliphatic heterocycles. The van der Waals surface area contributed by atoms with E-state index in [2.05, 4.69) is 5.32 Å². The Morgan fingerprint density at radius 3 is 2.68 bits per heavy atom. The number of ether oxygens (including phenoxy) is 1. The number of nitrogens with zero attached hydrogens (tertiary/aromatic N) is 1. The van der Waals surface area contributed by atoms with Crippen molar-refractivity contribution in [1.29, 1.82) is 0 Å². The zero-order valence-electron chi connectivity index (χ0n) is 11.3. The summed E-state index contributed by atoms with van der Waals surface area (Å²) in [6, 6.07) is 6.69. The van der Waals surface area contributed by atoms with E-state index in [0.29, 0.717) is 6.42 Å².